The van der Waals surface area contributed by atoms with Crippen LogP contribution in [0.1, 0.15) is 62.1 Å². The highest BCUT2D eigenvalue weighted by atomic mass is 32.1. The second-order valence-corrected chi connectivity index (χ2v) is 10.3. The lowest BCUT2D eigenvalue weighted by atomic mass is 10.00. The van der Waals surface area contributed by atoms with Crippen LogP contribution in [0.2, 0.25) is 0 Å². The third-order valence-corrected chi connectivity index (χ3v) is 6.98. The molecule has 5 nitrogen and oxygen atoms in total. The van der Waals surface area contributed by atoms with Crippen LogP contribution in [-0.2, 0) is 16.0 Å². The fourth-order valence-corrected chi connectivity index (χ4v) is 5.07. The Bertz CT molecular complexity index is 949. The molecule has 3 rings (SSSR count). The zero-order chi connectivity index (χ0) is 24.0. The Morgan fingerprint density at radius 2 is 1.94 bits per heavy atom. The number of rotatable bonds is 10. The summed E-state index contributed by atoms with van der Waals surface area (Å²) in [6.07, 6.45) is 2.94. The quantitative estimate of drug-likeness (QED) is 0.437. The molecule has 178 valence electrons. The van der Waals surface area contributed by atoms with Crippen molar-refractivity contribution in [3.63, 3.8) is 0 Å². The minimum absolute atomic E-state index is 0.00970. The third-order valence-electron chi connectivity index (χ3n) is 5.98. The summed E-state index contributed by atoms with van der Waals surface area (Å²) in [7, 11) is 0. The number of thiophene rings is 1. The summed E-state index contributed by atoms with van der Waals surface area (Å²) in [5.41, 5.74) is 2.42. The summed E-state index contributed by atoms with van der Waals surface area (Å²) >= 11 is 1.73. The van der Waals surface area contributed by atoms with Crippen molar-refractivity contribution in [1.29, 1.82) is 0 Å². The van der Waals surface area contributed by atoms with Crippen molar-refractivity contribution in [1.82, 2.24) is 9.80 Å². The maximum absolute atomic E-state index is 13.4. The molecular weight excluding hydrogens is 432 g/mol. The van der Waals surface area contributed by atoms with Gasteiger partial charge >= 0.3 is 0 Å². The van der Waals surface area contributed by atoms with Crippen molar-refractivity contribution in [3.8, 4) is 5.75 Å². The van der Waals surface area contributed by atoms with Crippen LogP contribution in [-0.4, -0.2) is 47.9 Å². The van der Waals surface area contributed by atoms with E-state index in [4.69, 9.17) is 4.74 Å². The molecule has 33 heavy (non-hydrogen) atoms. The Balaban J connectivity index is 1.74. The van der Waals surface area contributed by atoms with Crippen molar-refractivity contribution in [3.05, 3.63) is 64.4 Å². The van der Waals surface area contributed by atoms with Crippen LogP contribution in [0.15, 0.2) is 48.4 Å². The first kappa shape index (κ1) is 25.0. The van der Waals surface area contributed by atoms with E-state index in [2.05, 4.69) is 44.0 Å². The number of ether oxygens (including phenoxy) is 1. The topological polar surface area (TPSA) is 49.9 Å². The van der Waals surface area contributed by atoms with Crippen LogP contribution >= 0.6 is 11.3 Å². The average Bonchev–Trinajstić information content (AvgIpc) is 3.26. The molecule has 0 saturated carbocycles. The SMILES string of the molecule is C=CCN(CC(=O)N1CCc2sccc2C1COc1ccc(C(C)C)cc1)C(=O)CC(C)C. The van der Waals surface area contributed by atoms with Gasteiger partial charge in [0.25, 0.3) is 0 Å². The van der Waals surface area contributed by atoms with Gasteiger partial charge < -0.3 is 14.5 Å². The predicted octanol–water partition coefficient (Wildman–Crippen LogP) is 5.44. The van der Waals surface area contributed by atoms with Crippen LogP contribution in [0.3, 0.4) is 0 Å². The summed E-state index contributed by atoms with van der Waals surface area (Å²) in [5.74, 6) is 1.45. The van der Waals surface area contributed by atoms with Crippen molar-refractivity contribution >= 4 is 23.2 Å². The molecule has 0 bridgehead atoms. The number of amides is 2. The number of hydrogen-bond acceptors (Lipinski definition) is 4. The van der Waals surface area contributed by atoms with Gasteiger partial charge in [0, 0.05) is 24.4 Å². The van der Waals surface area contributed by atoms with Gasteiger partial charge in [-0.3, -0.25) is 9.59 Å². The Kier molecular flexibility index (Phi) is 8.73. The zero-order valence-corrected chi connectivity index (χ0v) is 21.1. The highest BCUT2D eigenvalue weighted by Gasteiger charge is 2.33. The number of fused-ring (bicyclic) bond motifs is 1. The van der Waals surface area contributed by atoms with Crippen molar-refractivity contribution in [2.75, 3.05) is 26.2 Å². The largest absolute Gasteiger partial charge is 0.491 e. The lowest BCUT2D eigenvalue weighted by Crippen LogP contribution is -2.48. The Morgan fingerprint density at radius 1 is 1.21 bits per heavy atom. The molecule has 2 amide bonds. The molecule has 1 atom stereocenters. The van der Waals surface area contributed by atoms with E-state index in [1.165, 1.54) is 10.4 Å². The van der Waals surface area contributed by atoms with Gasteiger partial charge in [0.05, 0.1) is 6.04 Å². The van der Waals surface area contributed by atoms with Gasteiger partial charge in [-0.15, -0.1) is 17.9 Å². The molecule has 0 saturated heterocycles. The molecule has 0 fully saturated rings. The summed E-state index contributed by atoms with van der Waals surface area (Å²) in [6, 6.07) is 10.1. The van der Waals surface area contributed by atoms with Gasteiger partial charge in [-0.25, -0.2) is 0 Å². The minimum atomic E-state index is -0.164. The molecule has 1 aliphatic rings. The van der Waals surface area contributed by atoms with E-state index in [-0.39, 0.29) is 30.3 Å². The zero-order valence-electron chi connectivity index (χ0n) is 20.3. The summed E-state index contributed by atoms with van der Waals surface area (Å²) in [6.45, 7) is 13.6. The maximum atomic E-state index is 13.4. The minimum Gasteiger partial charge on any atom is -0.491 e. The van der Waals surface area contributed by atoms with E-state index < -0.39 is 0 Å². The molecule has 2 aromatic rings. The molecular formula is C27H36N2O3S. The van der Waals surface area contributed by atoms with Crippen molar-refractivity contribution < 1.29 is 14.3 Å². The average molecular weight is 469 g/mol. The van der Waals surface area contributed by atoms with Crippen LogP contribution in [0.25, 0.3) is 0 Å². The first-order valence-corrected chi connectivity index (χ1v) is 12.6. The standard InChI is InChI=1S/C27H36N2O3S/c1-6-13-28(26(30)16-19(2)3)17-27(31)29-14-11-25-23(12-15-33-25)24(29)18-32-22-9-7-21(8-10-22)20(4)5/h6-10,12,15,19-20,24H,1,11,13-14,16-18H2,2-5H3. The van der Waals surface area contributed by atoms with E-state index in [1.54, 1.807) is 22.3 Å². The summed E-state index contributed by atoms with van der Waals surface area (Å²) < 4.78 is 6.15. The highest BCUT2D eigenvalue weighted by molar-refractivity contribution is 7.10. The fraction of sp³-hybridized carbons (Fsp3) is 0.481. The summed E-state index contributed by atoms with van der Waals surface area (Å²) in [4.78, 5) is 30.9. The predicted molar refractivity (Wildman–Crippen MR) is 135 cm³/mol. The van der Waals surface area contributed by atoms with E-state index in [0.717, 1.165) is 17.7 Å². The monoisotopic (exact) mass is 468 g/mol. The molecule has 1 unspecified atom stereocenters. The molecule has 0 radical (unpaired) electrons. The number of hydrogen-bond donors (Lipinski definition) is 0. The summed E-state index contributed by atoms with van der Waals surface area (Å²) in [5, 5.41) is 2.08. The highest BCUT2D eigenvalue weighted by Crippen LogP contribution is 2.34. The molecule has 0 spiro atoms. The van der Waals surface area contributed by atoms with Crippen LogP contribution < -0.4 is 4.74 Å². The number of carbonyl (C=O) groups is 2. The fourth-order valence-electron chi connectivity index (χ4n) is 4.14. The number of carbonyl (C=O) groups excluding carboxylic acids is 2. The Hall–Kier alpha value is -2.60. The lowest BCUT2D eigenvalue weighted by molar-refractivity contribution is -0.142. The number of benzene rings is 1. The third kappa shape index (κ3) is 6.47. The number of nitrogens with zero attached hydrogens (tertiary/aromatic N) is 2. The van der Waals surface area contributed by atoms with Gasteiger partial charge in [-0.1, -0.05) is 45.9 Å². The molecule has 2 heterocycles. The first-order chi connectivity index (χ1) is 15.8. The van der Waals surface area contributed by atoms with E-state index >= 15 is 0 Å². The van der Waals surface area contributed by atoms with Gasteiger partial charge in [0.2, 0.25) is 11.8 Å². The van der Waals surface area contributed by atoms with Gasteiger partial charge in [-0.05, 0) is 53.0 Å². The Labute approximate surface area is 202 Å². The molecule has 6 heteroatoms. The van der Waals surface area contributed by atoms with E-state index in [0.29, 0.717) is 32.0 Å². The molecule has 1 aromatic carbocycles. The first-order valence-electron chi connectivity index (χ1n) is 11.8. The maximum Gasteiger partial charge on any atom is 0.242 e. The molecule has 1 aromatic heterocycles. The van der Waals surface area contributed by atoms with Crippen LogP contribution in [0, 0.1) is 5.92 Å². The Morgan fingerprint density at radius 3 is 2.58 bits per heavy atom. The lowest BCUT2D eigenvalue weighted by Gasteiger charge is -2.37. The van der Waals surface area contributed by atoms with Crippen molar-refractivity contribution in [2.24, 2.45) is 5.92 Å². The van der Waals surface area contributed by atoms with Gasteiger partial charge in [0.1, 0.15) is 18.9 Å². The van der Waals surface area contributed by atoms with Crippen molar-refractivity contribution in [2.45, 2.75) is 52.5 Å². The van der Waals surface area contributed by atoms with Crippen LogP contribution in [0.5, 0.6) is 5.75 Å². The second-order valence-electron chi connectivity index (χ2n) is 9.35. The molecule has 1 aliphatic heterocycles. The molecule has 0 N–H and O–H groups in total. The van der Waals surface area contributed by atoms with Crippen LogP contribution in [0.4, 0.5) is 0 Å². The smallest absolute Gasteiger partial charge is 0.242 e. The normalized spacial score (nSPS) is 15.5. The van der Waals surface area contributed by atoms with Gasteiger partial charge in [-0.2, -0.15) is 0 Å². The van der Waals surface area contributed by atoms with E-state index in [9.17, 15) is 9.59 Å². The van der Waals surface area contributed by atoms with Gasteiger partial charge in [0.15, 0.2) is 0 Å². The molecule has 0 aliphatic carbocycles. The van der Waals surface area contributed by atoms with E-state index in [1.807, 2.05) is 30.9 Å². The second kappa shape index (κ2) is 11.5.